The third kappa shape index (κ3) is 5.55. The van der Waals surface area contributed by atoms with Crippen molar-refractivity contribution in [1.29, 1.82) is 0 Å². The molecule has 0 aliphatic heterocycles. The SMILES string of the molecule is Cc1cccc(C)c1OCCCCn1c(CNC(=O)c2ccc(Cl)cc2)nc2ccccc21. The van der Waals surface area contributed by atoms with Gasteiger partial charge in [0.25, 0.3) is 5.91 Å². The Morgan fingerprint density at radius 2 is 1.70 bits per heavy atom. The van der Waals surface area contributed by atoms with Gasteiger partial charge >= 0.3 is 0 Å². The van der Waals surface area contributed by atoms with Crippen molar-refractivity contribution in [3.63, 3.8) is 0 Å². The van der Waals surface area contributed by atoms with Crippen LogP contribution in [-0.4, -0.2) is 22.1 Å². The first-order valence-electron chi connectivity index (χ1n) is 11.2. The largest absolute Gasteiger partial charge is 0.493 e. The molecule has 4 aromatic rings. The number of carbonyl (C=O) groups is 1. The van der Waals surface area contributed by atoms with Crippen LogP contribution < -0.4 is 10.1 Å². The summed E-state index contributed by atoms with van der Waals surface area (Å²) >= 11 is 5.92. The molecular formula is C27H28ClN3O2. The van der Waals surface area contributed by atoms with Gasteiger partial charge in [0.05, 0.1) is 24.2 Å². The first kappa shape index (κ1) is 22.9. The van der Waals surface area contributed by atoms with E-state index in [0.29, 0.717) is 23.7 Å². The summed E-state index contributed by atoms with van der Waals surface area (Å²) in [7, 11) is 0. The van der Waals surface area contributed by atoms with Gasteiger partial charge in [-0.1, -0.05) is 41.9 Å². The Bertz CT molecular complexity index is 1230. The number of carbonyl (C=O) groups excluding carboxylic acids is 1. The summed E-state index contributed by atoms with van der Waals surface area (Å²) < 4.78 is 8.24. The second-order valence-electron chi connectivity index (χ2n) is 8.13. The molecule has 1 heterocycles. The van der Waals surface area contributed by atoms with Crippen LogP contribution in [0.3, 0.4) is 0 Å². The van der Waals surface area contributed by atoms with Gasteiger partial charge < -0.3 is 14.6 Å². The number of halogens is 1. The highest BCUT2D eigenvalue weighted by Gasteiger charge is 2.12. The quantitative estimate of drug-likeness (QED) is 0.306. The van der Waals surface area contributed by atoms with Crippen molar-refractivity contribution in [2.24, 2.45) is 0 Å². The lowest BCUT2D eigenvalue weighted by Crippen LogP contribution is -2.24. The Morgan fingerprint density at radius 3 is 2.45 bits per heavy atom. The average Bonchev–Trinajstić information content (AvgIpc) is 3.17. The molecule has 0 fully saturated rings. The molecule has 4 rings (SSSR count). The number of benzene rings is 3. The number of amides is 1. The first-order valence-corrected chi connectivity index (χ1v) is 11.6. The smallest absolute Gasteiger partial charge is 0.251 e. The maximum Gasteiger partial charge on any atom is 0.251 e. The van der Waals surface area contributed by atoms with Gasteiger partial charge in [-0.3, -0.25) is 4.79 Å². The molecule has 170 valence electrons. The lowest BCUT2D eigenvalue weighted by molar-refractivity contribution is 0.0949. The van der Waals surface area contributed by atoms with Crippen LogP contribution in [0.5, 0.6) is 5.75 Å². The maximum absolute atomic E-state index is 12.5. The van der Waals surface area contributed by atoms with E-state index >= 15 is 0 Å². The van der Waals surface area contributed by atoms with Crippen LogP contribution in [0.15, 0.2) is 66.7 Å². The van der Waals surface area contributed by atoms with Gasteiger partial charge in [-0.15, -0.1) is 0 Å². The predicted molar refractivity (Wildman–Crippen MR) is 133 cm³/mol. The average molecular weight is 462 g/mol. The van der Waals surface area contributed by atoms with Crippen LogP contribution in [0.2, 0.25) is 5.02 Å². The first-order chi connectivity index (χ1) is 16.0. The van der Waals surface area contributed by atoms with Gasteiger partial charge in [-0.05, 0) is 74.2 Å². The number of unbranched alkanes of at least 4 members (excludes halogenated alkanes) is 1. The van der Waals surface area contributed by atoms with E-state index < -0.39 is 0 Å². The number of aromatic nitrogens is 2. The highest BCUT2D eigenvalue weighted by atomic mass is 35.5. The number of para-hydroxylation sites is 3. The number of hydrogen-bond donors (Lipinski definition) is 1. The van der Waals surface area contributed by atoms with E-state index in [2.05, 4.69) is 48.0 Å². The Balaban J connectivity index is 1.38. The zero-order chi connectivity index (χ0) is 23.2. The van der Waals surface area contributed by atoms with Crippen molar-refractivity contribution < 1.29 is 9.53 Å². The Morgan fingerprint density at radius 1 is 0.970 bits per heavy atom. The predicted octanol–water partition coefficient (Wildman–Crippen LogP) is 6.10. The van der Waals surface area contributed by atoms with E-state index in [0.717, 1.165) is 53.1 Å². The van der Waals surface area contributed by atoms with E-state index in [1.165, 1.54) is 0 Å². The summed E-state index contributed by atoms with van der Waals surface area (Å²) in [5, 5.41) is 3.59. The standard InChI is InChI=1S/C27H28ClN3O2/c1-19-8-7-9-20(2)26(19)33-17-6-5-16-31-24-11-4-3-10-23(24)30-25(31)18-29-27(32)21-12-14-22(28)15-13-21/h3-4,7-15H,5-6,16-18H2,1-2H3,(H,29,32). The Labute approximate surface area is 199 Å². The van der Waals surface area contributed by atoms with Gasteiger partial charge in [0.15, 0.2) is 0 Å². The van der Waals surface area contributed by atoms with Gasteiger partial charge in [-0.25, -0.2) is 4.98 Å². The monoisotopic (exact) mass is 461 g/mol. The van der Waals surface area contributed by atoms with Crippen molar-refractivity contribution in [3.05, 3.63) is 94.3 Å². The van der Waals surface area contributed by atoms with Crippen LogP contribution >= 0.6 is 11.6 Å². The molecule has 0 bridgehead atoms. The summed E-state index contributed by atoms with van der Waals surface area (Å²) in [5.74, 6) is 1.68. The van der Waals surface area contributed by atoms with Crippen LogP contribution in [0.25, 0.3) is 11.0 Å². The number of nitrogens with one attached hydrogen (secondary N) is 1. The van der Waals surface area contributed by atoms with Crippen molar-refractivity contribution >= 4 is 28.5 Å². The number of ether oxygens (including phenoxy) is 1. The molecule has 0 radical (unpaired) electrons. The highest BCUT2D eigenvalue weighted by molar-refractivity contribution is 6.30. The summed E-state index contributed by atoms with van der Waals surface area (Å²) in [6.07, 6.45) is 1.88. The molecule has 0 unspecified atom stereocenters. The fourth-order valence-corrected chi connectivity index (χ4v) is 4.07. The molecule has 1 amide bonds. The number of fused-ring (bicyclic) bond motifs is 1. The van der Waals surface area contributed by atoms with Crippen LogP contribution in [0, 0.1) is 13.8 Å². The molecule has 0 aliphatic rings. The van der Waals surface area contributed by atoms with Crippen molar-refractivity contribution in [3.8, 4) is 5.75 Å². The molecule has 6 heteroatoms. The van der Waals surface area contributed by atoms with Gasteiger partial charge in [0.2, 0.25) is 0 Å². The number of rotatable bonds is 9. The minimum atomic E-state index is -0.146. The lowest BCUT2D eigenvalue weighted by Gasteiger charge is -2.13. The molecule has 0 aliphatic carbocycles. The fraction of sp³-hybridized carbons (Fsp3) is 0.259. The van der Waals surface area contributed by atoms with Gasteiger partial charge in [-0.2, -0.15) is 0 Å². The second kappa shape index (κ2) is 10.5. The van der Waals surface area contributed by atoms with Crippen molar-refractivity contribution in [2.75, 3.05) is 6.61 Å². The molecule has 0 spiro atoms. The van der Waals surface area contributed by atoms with Crippen LogP contribution in [0.1, 0.15) is 40.2 Å². The molecule has 1 N–H and O–H groups in total. The highest BCUT2D eigenvalue weighted by Crippen LogP contribution is 2.23. The number of nitrogens with zero attached hydrogens (tertiary/aromatic N) is 2. The second-order valence-corrected chi connectivity index (χ2v) is 8.57. The minimum absolute atomic E-state index is 0.146. The summed E-state index contributed by atoms with van der Waals surface area (Å²) in [6, 6.07) is 21.1. The third-order valence-electron chi connectivity index (χ3n) is 5.68. The molecule has 5 nitrogen and oxygen atoms in total. The number of hydrogen-bond acceptors (Lipinski definition) is 3. The fourth-order valence-electron chi connectivity index (χ4n) is 3.95. The molecule has 0 atom stereocenters. The molecule has 33 heavy (non-hydrogen) atoms. The Kier molecular flexibility index (Phi) is 7.30. The number of imidazole rings is 1. The lowest BCUT2D eigenvalue weighted by atomic mass is 10.1. The number of aryl methyl sites for hydroxylation is 3. The van der Waals surface area contributed by atoms with Crippen LogP contribution in [-0.2, 0) is 13.1 Å². The normalized spacial score (nSPS) is 11.0. The topological polar surface area (TPSA) is 56.1 Å². The van der Waals surface area contributed by atoms with Crippen molar-refractivity contribution in [1.82, 2.24) is 14.9 Å². The summed E-state index contributed by atoms with van der Waals surface area (Å²) in [5.41, 5.74) is 4.90. The molecule has 0 saturated carbocycles. The van der Waals surface area contributed by atoms with Crippen molar-refractivity contribution in [2.45, 2.75) is 39.8 Å². The summed E-state index contributed by atoms with van der Waals surface area (Å²) in [4.78, 5) is 17.3. The van der Waals surface area contributed by atoms with E-state index in [9.17, 15) is 4.79 Å². The van der Waals surface area contributed by atoms with E-state index in [1.807, 2.05) is 18.2 Å². The molecule has 0 saturated heterocycles. The van der Waals surface area contributed by atoms with Gasteiger partial charge in [0, 0.05) is 17.1 Å². The molecule has 3 aromatic carbocycles. The molecule has 1 aromatic heterocycles. The van der Waals surface area contributed by atoms with E-state index in [1.54, 1.807) is 24.3 Å². The van der Waals surface area contributed by atoms with Crippen LogP contribution in [0.4, 0.5) is 0 Å². The zero-order valence-electron chi connectivity index (χ0n) is 19.0. The zero-order valence-corrected chi connectivity index (χ0v) is 19.7. The summed E-state index contributed by atoms with van der Waals surface area (Å²) in [6.45, 7) is 5.98. The third-order valence-corrected chi connectivity index (χ3v) is 5.93. The maximum atomic E-state index is 12.5. The molecular weight excluding hydrogens is 434 g/mol. The van der Waals surface area contributed by atoms with Gasteiger partial charge in [0.1, 0.15) is 11.6 Å². The van der Waals surface area contributed by atoms with E-state index in [-0.39, 0.29) is 5.91 Å². The minimum Gasteiger partial charge on any atom is -0.493 e. The van der Waals surface area contributed by atoms with E-state index in [4.69, 9.17) is 21.3 Å². The Hall–Kier alpha value is -3.31.